The molecule has 1 aromatic carbocycles. The molecule has 2 aromatic rings. The molecule has 18 heavy (non-hydrogen) atoms. The number of thiazole rings is 1. The first kappa shape index (κ1) is 12.4. The van der Waals surface area contributed by atoms with E-state index in [2.05, 4.69) is 16.4 Å². The third-order valence-electron chi connectivity index (χ3n) is 2.56. The van der Waals surface area contributed by atoms with Crippen molar-refractivity contribution in [1.29, 1.82) is 5.26 Å². The van der Waals surface area contributed by atoms with Gasteiger partial charge in [-0.15, -0.1) is 11.3 Å². The van der Waals surface area contributed by atoms with Crippen molar-refractivity contribution in [3.63, 3.8) is 0 Å². The first-order chi connectivity index (χ1) is 8.79. The van der Waals surface area contributed by atoms with E-state index in [1.54, 1.807) is 11.3 Å². The van der Waals surface area contributed by atoms with Crippen LogP contribution in [-0.2, 0) is 12.8 Å². The van der Waals surface area contributed by atoms with E-state index in [-0.39, 0.29) is 0 Å². The zero-order valence-electron chi connectivity index (χ0n) is 9.89. The van der Waals surface area contributed by atoms with Crippen molar-refractivity contribution < 1.29 is 0 Å². The Kier molecular flexibility index (Phi) is 4.15. The van der Waals surface area contributed by atoms with Crippen LogP contribution in [0.4, 0.5) is 11.4 Å². The third kappa shape index (κ3) is 3.22. The van der Waals surface area contributed by atoms with Crippen LogP contribution in [0.25, 0.3) is 0 Å². The van der Waals surface area contributed by atoms with Gasteiger partial charge in [-0.05, 0) is 23.8 Å². The number of nitriles is 1. The molecule has 1 heterocycles. The van der Waals surface area contributed by atoms with Crippen LogP contribution in [0.5, 0.6) is 0 Å². The molecule has 2 rings (SSSR count). The summed E-state index contributed by atoms with van der Waals surface area (Å²) in [5.74, 6) is 0. The lowest BCUT2D eigenvalue weighted by molar-refractivity contribution is 0.997. The monoisotopic (exact) mass is 258 g/mol. The summed E-state index contributed by atoms with van der Waals surface area (Å²) in [5, 5.41) is 15.1. The van der Waals surface area contributed by atoms with E-state index in [0.717, 1.165) is 29.2 Å². The SMILES string of the molecule is N#CCc1cc(NCCc2nccs2)ccc1N. The lowest BCUT2D eigenvalue weighted by Crippen LogP contribution is -2.05. The summed E-state index contributed by atoms with van der Waals surface area (Å²) in [7, 11) is 0. The first-order valence-corrected chi connectivity index (χ1v) is 6.55. The average molecular weight is 258 g/mol. The maximum absolute atomic E-state index is 8.70. The van der Waals surface area contributed by atoms with Gasteiger partial charge in [0.05, 0.1) is 17.5 Å². The molecule has 5 heteroatoms. The highest BCUT2D eigenvalue weighted by Gasteiger charge is 2.01. The predicted molar refractivity (Wildman–Crippen MR) is 74.5 cm³/mol. The van der Waals surface area contributed by atoms with E-state index in [0.29, 0.717) is 12.1 Å². The number of aromatic nitrogens is 1. The molecule has 0 aliphatic heterocycles. The van der Waals surface area contributed by atoms with Crippen molar-refractivity contribution in [2.24, 2.45) is 0 Å². The minimum absolute atomic E-state index is 0.341. The van der Waals surface area contributed by atoms with E-state index in [1.165, 1.54) is 0 Å². The number of anilines is 2. The molecular weight excluding hydrogens is 244 g/mol. The molecule has 0 bridgehead atoms. The molecule has 3 N–H and O–H groups in total. The smallest absolute Gasteiger partial charge is 0.0942 e. The van der Waals surface area contributed by atoms with Crippen LogP contribution < -0.4 is 11.1 Å². The summed E-state index contributed by atoms with van der Waals surface area (Å²) in [5.41, 5.74) is 8.33. The Bertz CT molecular complexity index is 543. The Morgan fingerprint density at radius 1 is 1.44 bits per heavy atom. The van der Waals surface area contributed by atoms with E-state index >= 15 is 0 Å². The number of nitrogen functional groups attached to an aromatic ring is 1. The molecule has 0 fully saturated rings. The van der Waals surface area contributed by atoms with E-state index < -0.39 is 0 Å². The van der Waals surface area contributed by atoms with Crippen molar-refractivity contribution in [1.82, 2.24) is 4.98 Å². The van der Waals surface area contributed by atoms with Gasteiger partial charge in [-0.3, -0.25) is 0 Å². The van der Waals surface area contributed by atoms with Gasteiger partial charge in [0.15, 0.2) is 0 Å². The second-order valence-corrected chi connectivity index (χ2v) is 4.83. The average Bonchev–Trinajstić information content (AvgIpc) is 2.87. The van der Waals surface area contributed by atoms with Crippen molar-refractivity contribution >= 4 is 22.7 Å². The van der Waals surface area contributed by atoms with Crippen molar-refractivity contribution in [2.45, 2.75) is 12.8 Å². The third-order valence-corrected chi connectivity index (χ3v) is 3.40. The van der Waals surface area contributed by atoms with E-state index in [4.69, 9.17) is 11.0 Å². The zero-order valence-corrected chi connectivity index (χ0v) is 10.7. The number of benzene rings is 1. The van der Waals surface area contributed by atoms with Crippen molar-refractivity contribution in [3.05, 3.63) is 40.3 Å². The van der Waals surface area contributed by atoms with E-state index in [9.17, 15) is 0 Å². The maximum atomic E-state index is 8.70. The van der Waals surface area contributed by atoms with Gasteiger partial charge in [-0.1, -0.05) is 0 Å². The highest BCUT2D eigenvalue weighted by molar-refractivity contribution is 7.09. The van der Waals surface area contributed by atoms with Crippen LogP contribution in [-0.4, -0.2) is 11.5 Å². The van der Waals surface area contributed by atoms with Gasteiger partial charge in [-0.2, -0.15) is 5.26 Å². The van der Waals surface area contributed by atoms with Gasteiger partial charge in [0.1, 0.15) is 0 Å². The lowest BCUT2D eigenvalue weighted by Gasteiger charge is -2.08. The molecule has 4 nitrogen and oxygen atoms in total. The largest absolute Gasteiger partial charge is 0.398 e. The van der Waals surface area contributed by atoms with Gasteiger partial charge in [0.2, 0.25) is 0 Å². The Morgan fingerprint density at radius 3 is 3.06 bits per heavy atom. The van der Waals surface area contributed by atoms with Crippen LogP contribution in [0.15, 0.2) is 29.8 Å². The molecule has 0 radical (unpaired) electrons. The van der Waals surface area contributed by atoms with Crippen LogP contribution >= 0.6 is 11.3 Å². The summed E-state index contributed by atoms with van der Waals surface area (Å²) < 4.78 is 0. The molecule has 0 spiro atoms. The van der Waals surface area contributed by atoms with Gasteiger partial charge >= 0.3 is 0 Å². The first-order valence-electron chi connectivity index (χ1n) is 5.67. The highest BCUT2D eigenvalue weighted by atomic mass is 32.1. The Morgan fingerprint density at radius 2 is 2.33 bits per heavy atom. The summed E-state index contributed by atoms with van der Waals surface area (Å²) in [6.07, 6.45) is 3.05. The van der Waals surface area contributed by atoms with Gasteiger partial charge in [-0.25, -0.2) is 4.98 Å². The quantitative estimate of drug-likeness (QED) is 0.808. The minimum Gasteiger partial charge on any atom is -0.398 e. The molecule has 0 amide bonds. The van der Waals surface area contributed by atoms with Crippen LogP contribution in [0.1, 0.15) is 10.6 Å². The number of hydrogen-bond acceptors (Lipinski definition) is 5. The number of nitrogens with one attached hydrogen (secondary N) is 1. The fourth-order valence-corrected chi connectivity index (χ4v) is 2.26. The summed E-state index contributed by atoms with van der Waals surface area (Å²) >= 11 is 1.66. The van der Waals surface area contributed by atoms with Crippen molar-refractivity contribution in [3.8, 4) is 6.07 Å². The number of hydrogen-bond donors (Lipinski definition) is 2. The molecule has 92 valence electrons. The summed E-state index contributed by atoms with van der Waals surface area (Å²) in [4.78, 5) is 4.22. The number of nitrogens with zero attached hydrogens (tertiary/aromatic N) is 2. The molecule has 0 aliphatic carbocycles. The number of nitrogens with two attached hydrogens (primary N) is 1. The predicted octanol–water partition coefficient (Wildman–Crippen LogP) is 2.45. The van der Waals surface area contributed by atoms with Crippen molar-refractivity contribution in [2.75, 3.05) is 17.6 Å². The lowest BCUT2D eigenvalue weighted by atomic mass is 10.1. The Balaban J connectivity index is 1.93. The zero-order chi connectivity index (χ0) is 12.8. The van der Waals surface area contributed by atoms with Gasteiger partial charge in [0.25, 0.3) is 0 Å². The minimum atomic E-state index is 0.341. The normalized spacial score (nSPS) is 9.94. The second kappa shape index (κ2) is 6.03. The summed E-state index contributed by atoms with van der Waals surface area (Å²) in [6.45, 7) is 0.823. The summed E-state index contributed by atoms with van der Waals surface area (Å²) in [6, 6.07) is 7.81. The molecular formula is C13H14N4S. The second-order valence-electron chi connectivity index (χ2n) is 3.85. The topological polar surface area (TPSA) is 74.7 Å². The van der Waals surface area contributed by atoms with Gasteiger partial charge in [0, 0.05) is 35.9 Å². The maximum Gasteiger partial charge on any atom is 0.0942 e. The molecule has 0 saturated carbocycles. The molecule has 0 atom stereocenters. The molecule has 0 unspecified atom stereocenters. The standard InChI is InChI=1S/C13H14N4S/c14-5-3-10-9-11(1-2-12(10)15)16-6-4-13-17-7-8-18-13/h1-2,7-9,16H,3-4,6,15H2. The fourth-order valence-electron chi connectivity index (χ4n) is 1.64. The van der Waals surface area contributed by atoms with Crippen LogP contribution in [0.2, 0.25) is 0 Å². The van der Waals surface area contributed by atoms with E-state index in [1.807, 2.05) is 29.8 Å². The van der Waals surface area contributed by atoms with Crippen LogP contribution in [0, 0.1) is 11.3 Å². The van der Waals surface area contributed by atoms with Crippen LogP contribution in [0.3, 0.4) is 0 Å². The molecule has 1 aromatic heterocycles. The fraction of sp³-hybridized carbons (Fsp3) is 0.231. The molecule has 0 saturated heterocycles. The highest BCUT2D eigenvalue weighted by Crippen LogP contribution is 2.18. The Hall–Kier alpha value is -2.06. The molecule has 0 aliphatic rings. The number of rotatable bonds is 5. The Labute approximate surface area is 110 Å². The van der Waals surface area contributed by atoms with Gasteiger partial charge < -0.3 is 11.1 Å².